The Morgan fingerprint density at radius 3 is 2.27 bits per heavy atom. The Morgan fingerprint density at radius 1 is 0.875 bits per heavy atom. The van der Waals surface area contributed by atoms with E-state index in [4.69, 9.17) is 14.5 Å². The summed E-state index contributed by atoms with van der Waals surface area (Å²) in [7, 11) is -16.8. The van der Waals surface area contributed by atoms with E-state index in [1.54, 1.807) is 0 Å². The summed E-state index contributed by atoms with van der Waals surface area (Å²) in [5, 5.41) is 29.8. The maximum absolute atomic E-state index is 12.1. The summed E-state index contributed by atoms with van der Waals surface area (Å²) in [6.45, 7) is 0.473. The molecule has 1 aliphatic heterocycles. The zero-order valence-electron chi connectivity index (χ0n) is 25.1. The first-order chi connectivity index (χ1) is 22.5. The van der Waals surface area contributed by atoms with Crippen molar-refractivity contribution in [1.29, 1.82) is 0 Å². The molecule has 0 saturated carbocycles. The molecule has 272 valence electrons. The minimum Gasteiger partial charge on any atom is -0.387 e. The molecule has 6 unspecified atom stereocenters. The van der Waals surface area contributed by atoms with E-state index in [0.29, 0.717) is 42.7 Å². The molecule has 22 nitrogen and oxygen atoms in total. The van der Waals surface area contributed by atoms with Gasteiger partial charge in [0.25, 0.3) is 0 Å². The van der Waals surface area contributed by atoms with E-state index in [9.17, 15) is 43.3 Å². The van der Waals surface area contributed by atoms with Crippen molar-refractivity contribution >= 4 is 74.9 Å². The number of aromatic nitrogens is 4. The van der Waals surface area contributed by atoms with Crippen LogP contribution in [0.3, 0.4) is 0 Å². The quantitative estimate of drug-likeness (QED) is 0.0351. The van der Waals surface area contributed by atoms with Crippen LogP contribution in [0.2, 0.25) is 0 Å². The van der Waals surface area contributed by atoms with Crippen LogP contribution in [0.5, 0.6) is 0 Å². The number of alkyl halides is 1. The molecule has 0 radical (unpaired) electrons. The molecule has 0 spiro atoms. The molecule has 2 aromatic rings. The van der Waals surface area contributed by atoms with Gasteiger partial charge in [-0.05, 0) is 19.3 Å². The van der Waals surface area contributed by atoms with Gasteiger partial charge < -0.3 is 50.5 Å². The van der Waals surface area contributed by atoms with Crippen molar-refractivity contribution in [2.75, 3.05) is 36.0 Å². The van der Waals surface area contributed by atoms with Crippen LogP contribution in [0.4, 0.5) is 5.82 Å². The lowest BCUT2D eigenvalue weighted by atomic mass is 10.1. The molecular weight excluding hydrogens is 822 g/mol. The fraction of sp³-hybridized carbons (Fsp3) is 0.682. The minimum atomic E-state index is -5.75. The highest BCUT2D eigenvalue weighted by Crippen LogP contribution is 2.66. The predicted octanol–water partition coefficient (Wildman–Crippen LogP) is 0.209. The van der Waals surface area contributed by atoms with Crippen LogP contribution in [0.15, 0.2) is 12.7 Å². The van der Waals surface area contributed by atoms with E-state index in [0.717, 1.165) is 25.7 Å². The molecule has 2 aromatic heterocycles. The number of halogens is 1. The number of carbonyl (C=O) groups excluding carboxylic acids is 2. The van der Waals surface area contributed by atoms with Gasteiger partial charge in [-0.2, -0.15) is 8.62 Å². The average molecular weight is 859 g/mol. The zero-order valence-corrected chi connectivity index (χ0v) is 29.9. The predicted molar refractivity (Wildman–Crippen MR) is 172 cm³/mol. The molecule has 6 atom stereocenters. The highest BCUT2D eigenvalue weighted by Gasteiger charge is 2.47. The minimum absolute atomic E-state index is 0.0128. The molecule has 1 fully saturated rings. The summed E-state index contributed by atoms with van der Waals surface area (Å²) in [5.41, 5.74) is 0.454. The Bertz CT molecular complexity index is 1530. The van der Waals surface area contributed by atoms with Crippen LogP contribution < -0.4 is 16.0 Å². The Morgan fingerprint density at radius 2 is 1.56 bits per heavy atom. The van der Waals surface area contributed by atoms with Crippen LogP contribution in [0.1, 0.15) is 44.8 Å². The second kappa shape index (κ2) is 18.5. The Labute approximate surface area is 286 Å². The van der Waals surface area contributed by atoms with E-state index < -0.39 is 54.6 Å². The van der Waals surface area contributed by atoms with Crippen LogP contribution in [-0.2, 0) is 41.2 Å². The number of imidazole rings is 1. The largest absolute Gasteiger partial charge is 0.490 e. The first kappa shape index (κ1) is 40.7. The number of ether oxygens (including phenoxy) is 1. The molecule has 48 heavy (non-hydrogen) atoms. The average Bonchev–Trinajstić information content (AvgIpc) is 3.54. The number of unbranched alkanes of at least 4 members (excludes halogenated alkanes) is 3. The van der Waals surface area contributed by atoms with Gasteiger partial charge in [-0.3, -0.25) is 18.7 Å². The number of hydrogen-bond acceptors (Lipinski definition) is 15. The van der Waals surface area contributed by atoms with E-state index in [-0.39, 0.29) is 23.0 Å². The van der Waals surface area contributed by atoms with Gasteiger partial charge in [0.2, 0.25) is 11.8 Å². The van der Waals surface area contributed by atoms with Crippen molar-refractivity contribution in [2.45, 2.75) is 63.1 Å². The van der Waals surface area contributed by atoms with Crippen LogP contribution in [0.25, 0.3) is 11.2 Å². The number of carbonyl (C=O) groups is 2. The summed E-state index contributed by atoms with van der Waals surface area (Å²) >= 11 is 2.00. The molecular formula is C22H37IN7O15P3. The SMILES string of the molecule is O=C(CI)NCCCCCCC(=O)NCCCNc1ncnc2c1ncn2C1OC(COP(=O)(O)OP(=O)(O)OP(=O)(O)O)C(O)C1O. The highest BCUT2D eigenvalue weighted by molar-refractivity contribution is 14.1. The number of phosphoric acid groups is 3. The number of aliphatic hydroxyl groups excluding tert-OH is 2. The first-order valence-corrected chi connectivity index (χ1v) is 20.4. The molecule has 0 aliphatic carbocycles. The molecule has 26 heteroatoms. The smallest absolute Gasteiger partial charge is 0.387 e. The lowest BCUT2D eigenvalue weighted by Crippen LogP contribution is -2.33. The number of aliphatic hydroxyl groups is 2. The van der Waals surface area contributed by atoms with Crippen LogP contribution >= 0.6 is 46.1 Å². The van der Waals surface area contributed by atoms with Crippen molar-refractivity contribution in [3.8, 4) is 0 Å². The molecule has 0 bridgehead atoms. The van der Waals surface area contributed by atoms with Gasteiger partial charge in [-0.25, -0.2) is 28.6 Å². The van der Waals surface area contributed by atoms with Crippen molar-refractivity contribution in [3.63, 3.8) is 0 Å². The third kappa shape index (κ3) is 13.2. The Balaban J connectivity index is 1.45. The lowest BCUT2D eigenvalue weighted by molar-refractivity contribution is -0.121. The fourth-order valence-electron chi connectivity index (χ4n) is 4.39. The van der Waals surface area contributed by atoms with E-state index in [2.05, 4.69) is 44.0 Å². The fourth-order valence-corrected chi connectivity index (χ4v) is 7.69. The number of fused-ring (bicyclic) bond motifs is 1. The molecule has 1 aliphatic rings. The van der Waals surface area contributed by atoms with Crippen molar-refractivity contribution in [2.24, 2.45) is 0 Å². The Kier molecular flexibility index (Phi) is 15.7. The number of nitrogens with zero attached hydrogens (tertiary/aromatic N) is 4. The maximum Gasteiger partial charge on any atom is 0.490 e. The topological polar surface area (TPSA) is 323 Å². The number of nitrogens with one attached hydrogen (secondary N) is 3. The molecule has 2 amide bonds. The van der Waals surface area contributed by atoms with Crippen molar-refractivity contribution < 1.29 is 71.0 Å². The van der Waals surface area contributed by atoms with Crippen LogP contribution in [-0.4, -0.2) is 110 Å². The summed E-state index contributed by atoms with van der Waals surface area (Å²) in [6, 6.07) is 0. The van der Waals surface area contributed by atoms with Gasteiger partial charge in [0.05, 0.1) is 17.4 Å². The Hall–Kier alpha value is -1.69. The van der Waals surface area contributed by atoms with E-state index in [1.165, 1.54) is 17.2 Å². The number of anilines is 1. The third-order valence-corrected chi connectivity index (χ3v) is 11.0. The van der Waals surface area contributed by atoms with Crippen molar-refractivity contribution in [3.05, 3.63) is 12.7 Å². The molecule has 0 aromatic carbocycles. The maximum atomic E-state index is 12.1. The molecule has 3 rings (SSSR count). The zero-order chi connectivity index (χ0) is 35.5. The van der Waals surface area contributed by atoms with E-state index >= 15 is 0 Å². The highest BCUT2D eigenvalue weighted by atomic mass is 127. The van der Waals surface area contributed by atoms with Crippen LogP contribution in [0, 0.1) is 0 Å². The molecule has 3 heterocycles. The number of phosphoric ester groups is 1. The second-order valence-corrected chi connectivity index (χ2v) is 15.4. The molecule has 1 saturated heterocycles. The van der Waals surface area contributed by atoms with Crippen molar-refractivity contribution in [1.82, 2.24) is 30.2 Å². The second-order valence-electron chi connectivity index (χ2n) is 10.3. The lowest BCUT2D eigenvalue weighted by Gasteiger charge is -2.19. The summed E-state index contributed by atoms with van der Waals surface area (Å²) < 4.78 is 53.4. The van der Waals surface area contributed by atoms with Gasteiger partial charge in [0.1, 0.15) is 24.6 Å². The summed E-state index contributed by atoms with van der Waals surface area (Å²) in [4.78, 5) is 72.0. The number of rotatable bonds is 21. The normalized spacial score (nSPS) is 22.2. The third-order valence-electron chi connectivity index (χ3n) is 6.53. The van der Waals surface area contributed by atoms with Gasteiger partial charge in [-0.15, -0.1) is 0 Å². The van der Waals surface area contributed by atoms with E-state index in [1.807, 2.05) is 22.6 Å². The number of hydrogen-bond donors (Lipinski definition) is 9. The summed E-state index contributed by atoms with van der Waals surface area (Å²) in [6.07, 6.45) is 0.654. The van der Waals surface area contributed by atoms with Gasteiger partial charge >= 0.3 is 23.5 Å². The molecule has 9 N–H and O–H groups in total. The van der Waals surface area contributed by atoms with Gasteiger partial charge in [-0.1, -0.05) is 35.4 Å². The number of amides is 2. The van der Waals surface area contributed by atoms with Gasteiger partial charge in [0.15, 0.2) is 23.2 Å². The van der Waals surface area contributed by atoms with Gasteiger partial charge in [0, 0.05) is 26.1 Å². The monoisotopic (exact) mass is 859 g/mol. The summed E-state index contributed by atoms with van der Waals surface area (Å²) in [5.74, 6) is 0.282. The standard InChI is InChI=1S/C22H37IN7O15P3/c23-10-16(32)25-7-4-2-1-3-6-15(31)24-8-5-9-26-20-17-21(28-12-27-20)30(13-29-17)22-19(34)18(33)14(43-22)11-42-47(38,39)45-48(40,41)44-46(35,36)37/h12-14,18-19,22,33-34H,1-11H2,(H,24,31)(H,25,32)(H,38,39)(H,40,41)(H,26,27,28)(H2,35,36,37). The first-order valence-electron chi connectivity index (χ1n) is 14.3.